The van der Waals surface area contributed by atoms with Crippen LogP contribution in [-0.2, 0) is 10.0 Å². The van der Waals surface area contributed by atoms with Crippen molar-refractivity contribution >= 4 is 21.7 Å². The van der Waals surface area contributed by atoms with Gasteiger partial charge < -0.3 is 15.1 Å². The first-order valence-corrected chi connectivity index (χ1v) is 8.08. The summed E-state index contributed by atoms with van der Waals surface area (Å²) >= 11 is 0. The predicted octanol–water partition coefficient (Wildman–Crippen LogP) is 0.239. The summed E-state index contributed by atoms with van der Waals surface area (Å²) < 4.78 is 22.6. The molecule has 1 aromatic rings. The third-order valence-corrected chi connectivity index (χ3v) is 4.70. The molecule has 4 N–H and O–H groups in total. The van der Waals surface area contributed by atoms with Crippen LogP contribution < -0.4 is 10.0 Å². The molecule has 1 fully saturated rings. The normalized spacial score (nSPS) is 23.1. The molecule has 1 aliphatic heterocycles. The van der Waals surface area contributed by atoms with Gasteiger partial charge >= 0.3 is 5.97 Å². The molecule has 2 unspecified atom stereocenters. The first-order valence-electron chi connectivity index (χ1n) is 6.53. The molecule has 21 heavy (non-hydrogen) atoms. The van der Waals surface area contributed by atoms with Crippen LogP contribution in [0.5, 0.6) is 0 Å². The number of primary sulfonamides is 1. The molecule has 116 valence electrons. The van der Waals surface area contributed by atoms with Crippen LogP contribution >= 0.6 is 0 Å². The van der Waals surface area contributed by atoms with E-state index in [1.807, 2.05) is 6.92 Å². The Balaban J connectivity index is 2.42. The monoisotopic (exact) mass is 314 g/mol. The zero-order valence-corrected chi connectivity index (χ0v) is 12.4. The standard InChI is InChI=1S/C13H18N2O5S/c1-8-4-5-15(7-12(8)16)11-3-2-9(21(14,19)20)6-10(11)13(17)18/h2-3,6,8,12,16H,4-5,7H2,1H3,(H,17,18)(H2,14,19,20). The first kappa shape index (κ1) is 15.7. The fourth-order valence-electron chi connectivity index (χ4n) is 2.41. The van der Waals surface area contributed by atoms with E-state index in [9.17, 15) is 23.4 Å². The minimum atomic E-state index is -3.96. The van der Waals surface area contributed by atoms with E-state index >= 15 is 0 Å². The van der Waals surface area contributed by atoms with E-state index in [0.29, 0.717) is 18.8 Å². The van der Waals surface area contributed by atoms with Gasteiger partial charge in [-0.2, -0.15) is 0 Å². The topological polar surface area (TPSA) is 121 Å². The summed E-state index contributed by atoms with van der Waals surface area (Å²) in [6.45, 7) is 2.85. The minimum Gasteiger partial charge on any atom is -0.478 e. The molecule has 1 aliphatic rings. The minimum absolute atomic E-state index is 0.136. The maximum atomic E-state index is 11.4. The number of β-amino-alcohol motifs (C(OH)–C–C–N with tert-alkyl or cyclic N) is 1. The molecular formula is C13H18N2O5S. The van der Waals surface area contributed by atoms with E-state index in [0.717, 1.165) is 12.5 Å². The van der Waals surface area contributed by atoms with Crippen molar-refractivity contribution in [1.29, 1.82) is 0 Å². The van der Waals surface area contributed by atoms with Gasteiger partial charge in [0.05, 0.1) is 22.3 Å². The third kappa shape index (κ3) is 3.34. The lowest BCUT2D eigenvalue weighted by Crippen LogP contribution is -2.43. The van der Waals surface area contributed by atoms with Gasteiger partial charge in [-0.05, 0) is 30.5 Å². The van der Waals surface area contributed by atoms with Crippen molar-refractivity contribution in [2.45, 2.75) is 24.3 Å². The number of benzene rings is 1. The molecule has 0 bridgehead atoms. The predicted molar refractivity (Wildman–Crippen MR) is 76.8 cm³/mol. The first-order chi connectivity index (χ1) is 9.70. The Labute approximate surface area is 123 Å². The van der Waals surface area contributed by atoms with Crippen molar-refractivity contribution in [2.75, 3.05) is 18.0 Å². The van der Waals surface area contributed by atoms with E-state index in [1.54, 1.807) is 4.90 Å². The molecule has 0 saturated carbocycles. The van der Waals surface area contributed by atoms with Gasteiger partial charge in [0, 0.05) is 13.1 Å². The summed E-state index contributed by atoms with van der Waals surface area (Å²) in [5.74, 6) is -1.08. The van der Waals surface area contributed by atoms with Crippen molar-refractivity contribution in [3.05, 3.63) is 23.8 Å². The molecule has 0 aliphatic carbocycles. The van der Waals surface area contributed by atoms with Gasteiger partial charge in [-0.25, -0.2) is 18.4 Å². The zero-order chi connectivity index (χ0) is 15.8. The van der Waals surface area contributed by atoms with Gasteiger partial charge in [0.2, 0.25) is 10.0 Å². The summed E-state index contributed by atoms with van der Waals surface area (Å²) in [4.78, 5) is 12.9. The Hall–Kier alpha value is -1.64. The van der Waals surface area contributed by atoms with Crippen LogP contribution in [0.3, 0.4) is 0 Å². The number of hydrogen-bond acceptors (Lipinski definition) is 5. The van der Waals surface area contributed by atoms with Gasteiger partial charge in [0.1, 0.15) is 0 Å². The molecule has 1 saturated heterocycles. The number of hydrogen-bond donors (Lipinski definition) is 3. The van der Waals surface area contributed by atoms with Gasteiger partial charge in [-0.1, -0.05) is 6.92 Å². The molecule has 0 aromatic heterocycles. The lowest BCUT2D eigenvalue weighted by atomic mass is 9.95. The van der Waals surface area contributed by atoms with E-state index in [4.69, 9.17) is 5.14 Å². The second-order valence-corrected chi connectivity index (χ2v) is 6.87. The second-order valence-electron chi connectivity index (χ2n) is 5.31. The maximum absolute atomic E-state index is 11.4. The van der Waals surface area contributed by atoms with Crippen molar-refractivity contribution in [3.8, 4) is 0 Å². The van der Waals surface area contributed by atoms with Gasteiger partial charge in [0.25, 0.3) is 0 Å². The summed E-state index contributed by atoms with van der Waals surface area (Å²) in [6, 6.07) is 3.75. The van der Waals surface area contributed by atoms with Crippen LogP contribution in [-0.4, -0.2) is 43.8 Å². The van der Waals surface area contributed by atoms with Crippen LogP contribution in [0.15, 0.2) is 23.1 Å². The smallest absolute Gasteiger partial charge is 0.337 e. The Morgan fingerprint density at radius 3 is 2.62 bits per heavy atom. The van der Waals surface area contributed by atoms with Crippen LogP contribution in [0.25, 0.3) is 0 Å². The highest BCUT2D eigenvalue weighted by atomic mass is 32.2. The summed E-state index contributed by atoms with van der Waals surface area (Å²) in [6.07, 6.45) is 0.190. The third-order valence-electron chi connectivity index (χ3n) is 3.79. The molecule has 2 atom stereocenters. The molecule has 0 spiro atoms. The summed E-state index contributed by atoms with van der Waals surface area (Å²) in [7, 11) is -3.96. The summed E-state index contributed by atoms with van der Waals surface area (Å²) in [5.41, 5.74) is 0.254. The Morgan fingerprint density at radius 1 is 1.43 bits per heavy atom. The molecule has 7 nitrogen and oxygen atoms in total. The van der Waals surface area contributed by atoms with Crippen LogP contribution in [0.2, 0.25) is 0 Å². The molecule has 0 radical (unpaired) electrons. The average Bonchev–Trinajstić information content (AvgIpc) is 2.40. The number of carboxylic acids is 1. The zero-order valence-electron chi connectivity index (χ0n) is 11.6. The quantitative estimate of drug-likeness (QED) is 0.735. The molecule has 8 heteroatoms. The number of nitrogens with zero attached hydrogens (tertiary/aromatic N) is 1. The molecule has 1 heterocycles. The number of aromatic carboxylic acids is 1. The number of nitrogens with two attached hydrogens (primary N) is 1. The van der Waals surface area contributed by atoms with Gasteiger partial charge in [-0.3, -0.25) is 0 Å². The van der Waals surface area contributed by atoms with Crippen LogP contribution in [0.4, 0.5) is 5.69 Å². The van der Waals surface area contributed by atoms with Gasteiger partial charge in [-0.15, -0.1) is 0 Å². The fourth-order valence-corrected chi connectivity index (χ4v) is 2.95. The number of sulfonamides is 1. The van der Waals surface area contributed by atoms with E-state index < -0.39 is 22.1 Å². The van der Waals surface area contributed by atoms with Crippen molar-refractivity contribution in [3.63, 3.8) is 0 Å². The number of aliphatic hydroxyl groups is 1. The van der Waals surface area contributed by atoms with Crippen LogP contribution in [0, 0.1) is 5.92 Å². The lowest BCUT2D eigenvalue weighted by molar-refractivity contribution is 0.0695. The number of carbonyl (C=O) groups is 1. The number of rotatable bonds is 3. The highest BCUT2D eigenvalue weighted by Gasteiger charge is 2.27. The van der Waals surface area contributed by atoms with E-state index in [-0.39, 0.29) is 16.4 Å². The van der Waals surface area contributed by atoms with Gasteiger partial charge in [0.15, 0.2) is 0 Å². The maximum Gasteiger partial charge on any atom is 0.337 e. The SMILES string of the molecule is CC1CCN(c2ccc(S(N)(=O)=O)cc2C(=O)O)CC1O. The number of piperidine rings is 1. The Kier molecular flexibility index (Phi) is 4.22. The highest BCUT2D eigenvalue weighted by Crippen LogP contribution is 2.28. The summed E-state index contributed by atoms with van der Waals surface area (Å²) in [5, 5.41) is 24.2. The Bertz CT molecular complexity index is 659. The molecule has 1 aromatic carbocycles. The van der Waals surface area contributed by atoms with E-state index in [1.165, 1.54) is 12.1 Å². The number of aliphatic hydroxyl groups excluding tert-OH is 1. The number of anilines is 1. The number of carboxylic acid groups (broad SMARTS) is 1. The van der Waals surface area contributed by atoms with Crippen LogP contribution in [0.1, 0.15) is 23.7 Å². The lowest BCUT2D eigenvalue weighted by Gasteiger charge is -2.36. The second kappa shape index (κ2) is 5.63. The molecule has 0 amide bonds. The van der Waals surface area contributed by atoms with E-state index in [2.05, 4.69) is 0 Å². The van der Waals surface area contributed by atoms with Crippen molar-refractivity contribution in [1.82, 2.24) is 0 Å². The highest BCUT2D eigenvalue weighted by molar-refractivity contribution is 7.89. The Morgan fingerprint density at radius 2 is 2.10 bits per heavy atom. The average molecular weight is 314 g/mol. The molecule has 2 rings (SSSR count). The van der Waals surface area contributed by atoms with Crippen molar-refractivity contribution in [2.24, 2.45) is 11.1 Å². The fraction of sp³-hybridized carbons (Fsp3) is 0.462. The van der Waals surface area contributed by atoms with Crippen molar-refractivity contribution < 1.29 is 23.4 Å². The molecular weight excluding hydrogens is 296 g/mol. The largest absolute Gasteiger partial charge is 0.478 e.